The summed E-state index contributed by atoms with van der Waals surface area (Å²) in [5.41, 5.74) is 5.05. The average molecular weight is 408 g/mol. The fourth-order valence-electron chi connectivity index (χ4n) is 3.41. The molecule has 2 aromatic rings. The maximum Gasteiger partial charge on any atom is 0.277 e. The highest BCUT2D eigenvalue weighted by Gasteiger charge is 2.34. The predicted molar refractivity (Wildman–Crippen MR) is 122 cm³/mol. The lowest BCUT2D eigenvalue weighted by Gasteiger charge is -2.22. The lowest BCUT2D eigenvalue weighted by molar-refractivity contribution is -0.112. The molecule has 0 aromatic heterocycles. The van der Waals surface area contributed by atoms with Crippen LogP contribution in [0.3, 0.4) is 0 Å². The third kappa shape index (κ3) is 4.60. The minimum atomic E-state index is -0.0814. The Hall–Kier alpha value is -2.85. The highest BCUT2D eigenvalue weighted by atomic mass is 35.5. The standard InChI is InChI=1S/C24H26ClN3O/c1-5-9-18(15-27(4)6-2)16-28-22-11-8-7-10-20(22)23(24(28)29)26-19-12-13-21(25)17(3)14-19/h6-14H,2,5,15-16H2,1,3-4H3/b18-9+,26-23?. The first-order chi connectivity index (χ1) is 13.9. The molecule has 0 saturated heterocycles. The molecule has 3 rings (SSSR count). The topological polar surface area (TPSA) is 35.9 Å². The molecule has 1 heterocycles. The van der Waals surface area contributed by atoms with Gasteiger partial charge >= 0.3 is 0 Å². The number of anilines is 1. The number of para-hydroxylation sites is 1. The van der Waals surface area contributed by atoms with Crippen LogP contribution in [0.15, 0.2) is 71.9 Å². The van der Waals surface area contributed by atoms with Crippen LogP contribution in [0.1, 0.15) is 24.5 Å². The van der Waals surface area contributed by atoms with E-state index in [4.69, 9.17) is 11.6 Å². The van der Waals surface area contributed by atoms with Crippen molar-refractivity contribution in [2.75, 3.05) is 25.0 Å². The second kappa shape index (κ2) is 9.10. The van der Waals surface area contributed by atoms with Crippen molar-refractivity contribution >= 4 is 34.6 Å². The van der Waals surface area contributed by atoms with Crippen molar-refractivity contribution in [1.82, 2.24) is 4.90 Å². The van der Waals surface area contributed by atoms with Gasteiger partial charge in [0.1, 0.15) is 5.71 Å². The number of carbonyl (C=O) groups excluding carboxylic acids is 1. The molecule has 0 atom stereocenters. The van der Waals surface area contributed by atoms with E-state index < -0.39 is 0 Å². The Balaban J connectivity index is 1.97. The fourth-order valence-corrected chi connectivity index (χ4v) is 3.53. The number of halogens is 1. The van der Waals surface area contributed by atoms with Gasteiger partial charge in [-0.3, -0.25) is 4.79 Å². The molecular weight excluding hydrogens is 382 g/mol. The summed E-state index contributed by atoms with van der Waals surface area (Å²) in [6.07, 6.45) is 4.88. The number of benzene rings is 2. The Morgan fingerprint density at radius 3 is 2.72 bits per heavy atom. The van der Waals surface area contributed by atoms with Gasteiger partial charge in [-0.05, 0) is 54.9 Å². The number of hydrogen-bond donors (Lipinski definition) is 0. The van der Waals surface area contributed by atoms with Gasteiger partial charge in [0.25, 0.3) is 5.91 Å². The fraction of sp³-hybridized carbons (Fsp3) is 0.250. The SMILES string of the molecule is C=CN(C)C/C(=C\CC)CN1C(=O)C(=Nc2ccc(Cl)c(C)c2)c2ccccc21. The smallest absolute Gasteiger partial charge is 0.277 e. The Labute approximate surface area is 177 Å². The van der Waals surface area contributed by atoms with Gasteiger partial charge in [-0.15, -0.1) is 0 Å². The van der Waals surface area contributed by atoms with Crippen molar-refractivity contribution in [2.24, 2.45) is 4.99 Å². The number of aryl methyl sites for hydroxylation is 1. The first kappa shape index (κ1) is 20.9. The van der Waals surface area contributed by atoms with Gasteiger partial charge in [-0.1, -0.05) is 49.4 Å². The molecule has 0 saturated carbocycles. The molecule has 5 heteroatoms. The van der Waals surface area contributed by atoms with Crippen LogP contribution in [0.4, 0.5) is 11.4 Å². The van der Waals surface area contributed by atoms with E-state index in [9.17, 15) is 4.79 Å². The average Bonchev–Trinajstić information content (AvgIpc) is 2.96. The Morgan fingerprint density at radius 2 is 2.03 bits per heavy atom. The Bertz CT molecular complexity index is 993. The predicted octanol–water partition coefficient (Wildman–Crippen LogP) is 5.53. The summed E-state index contributed by atoms with van der Waals surface area (Å²) in [6.45, 7) is 9.11. The third-order valence-corrected chi connectivity index (χ3v) is 5.32. The van der Waals surface area contributed by atoms with Crippen LogP contribution in [0.2, 0.25) is 5.02 Å². The van der Waals surface area contributed by atoms with Crippen LogP contribution in [0.25, 0.3) is 0 Å². The summed E-state index contributed by atoms with van der Waals surface area (Å²) in [6, 6.07) is 13.4. The molecule has 1 amide bonds. The maximum atomic E-state index is 13.3. The lowest BCUT2D eigenvalue weighted by atomic mass is 10.1. The van der Waals surface area contributed by atoms with Crippen molar-refractivity contribution in [1.29, 1.82) is 0 Å². The second-order valence-corrected chi connectivity index (χ2v) is 7.58. The summed E-state index contributed by atoms with van der Waals surface area (Å²) >= 11 is 6.13. The van der Waals surface area contributed by atoms with Crippen molar-refractivity contribution in [3.8, 4) is 0 Å². The molecule has 0 radical (unpaired) electrons. The number of allylic oxidation sites excluding steroid dienone is 1. The molecule has 0 aliphatic carbocycles. The van der Waals surface area contributed by atoms with Gasteiger partial charge in [-0.25, -0.2) is 4.99 Å². The zero-order chi connectivity index (χ0) is 21.0. The molecule has 0 bridgehead atoms. The Morgan fingerprint density at radius 1 is 1.28 bits per heavy atom. The van der Waals surface area contributed by atoms with E-state index in [0.29, 0.717) is 17.3 Å². The van der Waals surface area contributed by atoms with Crippen LogP contribution < -0.4 is 4.90 Å². The largest absolute Gasteiger partial charge is 0.377 e. The summed E-state index contributed by atoms with van der Waals surface area (Å²) < 4.78 is 0. The number of nitrogens with zero attached hydrogens (tertiary/aromatic N) is 3. The van der Waals surface area contributed by atoms with Gasteiger partial charge in [0.05, 0.1) is 11.4 Å². The molecule has 1 aliphatic heterocycles. The van der Waals surface area contributed by atoms with Gasteiger partial charge in [0.2, 0.25) is 0 Å². The van der Waals surface area contributed by atoms with Crippen molar-refractivity contribution in [3.05, 3.63) is 83.0 Å². The number of fused-ring (bicyclic) bond motifs is 1. The van der Waals surface area contributed by atoms with Crippen molar-refractivity contribution in [2.45, 2.75) is 20.3 Å². The quantitative estimate of drug-likeness (QED) is 0.566. The summed E-state index contributed by atoms with van der Waals surface area (Å²) in [4.78, 5) is 21.8. The van der Waals surface area contributed by atoms with Crippen LogP contribution >= 0.6 is 11.6 Å². The monoisotopic (exact) mass is 407 g/mol. The van der Waals surface area contributed by atoms with E-state index in [0.717, 1.165) is 35.5 Å². The zero-order valence-electron chi connectivity index (χ0n) is 17.2. The van der Waals surface area contributed by atoms with Crippen LogP contribution in [0, 0.1) is 6.92 Å². The normalized spacial score (nSPS) is 15.0. The molecule has 1 aliphatic rings. The molecule has 2 aromatic carbocycles. The van der Waals surface area contributed by atoms with E-state index in [-0.39, 0.29) is 5.91 Å². The summed E-state index contributed by atoms with van der Waals surface area (Å²) in [5, 5.41) is 0.689. The van der Waals surface area contributed by atoms with Crippen molar-refractivity contribution in [3.63, 3.8) is 0 Å². The highest BCUT2D eigenvalue weighted by Crippen LogP contribution is 2.32. The molecule has 0 unspecified atom stereocenters. The highest BCUT2D eigenvalue weighted by molar-refractivity contribution is 6.54. The van der Waals surface area contributed by atoms with Gasteiger partial charge in [-0.2, -0.15) is 0 Å². The molecule has 150 valence electrons. The first-order valence-electron chi connectivity index (χ1n) is 9.71. The molecule has 0 spiro atoms. The molecule has 0 fully saturated rings. The van der Waals surface area contributed by atoms with E-state index in [1.807, 2.05) is 66.2 Å². The summed E-state index contributed by atoms with van der Waals surface area (Å²) in [5.74, 6) is -0.0814. The van der Waals surface area contributed by atoms with Crippen molar-refractivity contribution < 1.29 is 4.79 Å². The Kier molecular flexibility index (Phi) is 6.55. The van der Waals surface area contributed by atoms with Crippen LogP contribution in [-0.2, 0) is 4.79 Å². The molecule has 4 nitrogen and oxygen atoms in total. The van der Waals surface area contributed by atoms with E-state index in [2.05, 4.69) is 24.6 Å². The first-order valence-corrected chi connectivity index (χ1v) is 10.1. The van der Waals surface area contributed by atoms with E-state index >= 15 is 0 Å². The molecule has 29 heavy (non-hydrogen) atoms. The number of rotatable bonds is 7. The minimum Gasteiger partial charge on any atom is -0.377 e. The third-order valence-electron chi connectivity index (χ3n) is 4.90. The molecule has 0 N–H and O–H groups in total. The second-order valence-electron chi connectivity index (χ2n) is 7.17. The number of carbonyl (C=O) groups is 1. The maximum absolute atomic E-state index is 13.3. The zero-order valence-corrected chi connectivity index (χ0v) is 17.9. The van der Waals surface area contributed by atoms with Gasteiger partial charge < -0.3 is 9.80 Å². The lowest BCUT2D eigenvalue weighted by Crippen LogP contribution is -2.33. The molecular formula is C24H26ClN3O. The minimum absolute atomic E-state index is 0.0814. The summed E-state index contributed by atoms with van der Waals surface area (Å²) in [7, 11) is 1.98. The van der Waals surface area contributed by atoms with E-state index in [1.165, 1.54) is 5.57 Å². The number of hydrogen-bond acceptors (Lipinski definition) is 3. The number of amides is 1. The van der Waals surface area contributed by atoms with Gasteiger partial charge in [0.15, 0.2) is 0 Å². The van der Waals surface area contributed by atoms with Crippen LogP contribution in [-0.4, -0.2) is 36.7 Å². The van der Waals surface area contributed by atoms with E-state index in [1.54, 1.807) is 6.20 Å². The van der Waals surface area contributed by atoms with Crippen LogP contribution in [0.5, 0.6) is 0 Å². The number of likely N-dealkylation sites (N-methyl/N-ethyl adjacent to an activating group) is 1. The van der Waals surface area contributed by atoms with Gasteiger partial charge in [0, 0.05) is 30.7 Å². The number of aliphatic imine (C=N–C) groups is 1.